The third kappa shape index (κ3) is 5.01. The molecule has 0 spiro atoms. The molecule has 5 nitrogen and oxygen atoms in total. The van der Waals surface area contributed by atoms with E-state index < -0.39 is 23.4 Å². The molecular weight excluding hydrogens is 256 g/mol. The number of hydrogen-bond donors (Lipinski definition) is 2. The molecule has 104 valence electrons. The van der Waals surface area contributed by atoms with Crippen LogP contribution in [0.25, 0.3) is 0 Å². The SMILES string of the molecule is CN(C)CCNC(=O)C(=O)Nc1ccc(F)c(F)c1. The van der Waals surface area contributed by atoms with Gasteiger partial charge in [-0.1, -0.05) is 0 Å². The van der Waals surface area contributed by atoms with Crippen molar-refractivity contribution in [3.05, 3.63) is 29.8 Å². The number of carbonyl (C=O) groups excluding carboxylic acids is 2. The third-order valence-corrected chi connectivity index (χ3v) is 2.23. The number of nitrogens with one attached hydrogen (secondary N) is 2. The first-order valence-electron chi connectivity index (χ1n) is 5.59. The fraction of sp³-hybridized carbons (Fsp3) is 0.333. The molecule has 0 fully saturated rings. The monoisotopic (exact) mass is 271 g/mol. The van der Waals surface area contributed by atoms with E-state index in [1.165, 1.54) is 6.07 Å². The van der Waals surface area contributed by atoms with Gasteiger partial charge in [0.2, 0.25) is 0 Å². The van der Waals surface area contributed by atoms with Crippen molar-refractivity contribution in [2.45, 2.75) is 0 Å². The lowest BCUT2D eigenvalue weighted by Gasteiger charge is -2.10. The summed E-state index contributed by atoms with van der Waals surface area (Å²) in [5, 5.41) is 4.58. The van der Waals surface area contributed by atoms with Gasteiger partial charge in [-0.25, -0.2) is 8.78 Å². The maximum Gasteiger partial charge on any atom is 0.313 e. The highest BCUT2D eigenvalue weighted by Crippen LogP contribution is 2.12. The van der Waals surface area contributed by atoms with Crippen LogP contribution in [-0.2, 0) is 9.59 Å². The second-order valence-corrected chi connectivity index (χ2v) is 4.14. The first-order chi connectivity index (χ1) is 8.90. The molecule has 0 aliphatic rings. The zero-order chi connectivity index (χ0) is 14.4. The Balaban J connectivity index is 2.49. The van der Waals surface area contributed by atoms with E-state index in [-0.39, 0.29) is 5.69 Å². The molecule has 0 aliphatic heterocycles. The summed E-state index contributed by atoms with van der Waals surface area (Å²) in [6, 6.07) is 2.85. The Morgan fingerprint density at radius 3 is 2.42 bits per heavy atom. The summed E-state index contributed by atoms with van der Waals surface area (Å²) in [4.78, 5) is 24.6. The van der Waals surface area contributed by atoms with Crippen LogP contribution in [0.4, 0.5) is 14.5 Å². The zero-order valence-corrected chi connectivity index (χ0v) is 10.7. The molecule has 0 aromatic heterocycles. The molecule has 1 aromatic rings. The molecule has 7 heteroatoms. The van der Waals surface area contributed by atoms with E-state index in [4.69, 9.17) is 0 Å². The van der Waals surface area contributed by atoms with Crippen LogP contribution in [0.15, 0.2) is 18.2 Å². The normalized spacial score (nSPS) is 10.4. The summed E-state index contributed by atoms with van der Waals surface area (Å²) in [7, 11) is 3.65. The Morgan fingerprint density at radius 1 is 1.16 bits per heavy atom. The van der Waals surface area contributed by atoms with E-state index in [0.29, 0.717) is 13.1 Å². The average molecular weight is 271 g/mol. The minimum Gasteiger partial charge on any atom is -0.347 e. The topological polar surface area (TPSA) is 61.4 Å². The Hall–Kier alpha value is -2.02. The van der Waals surface area contributed by atoms with Crippen LogP contribution in [0.1, 0.15) is 0 Å². The summed E-state index contributed by atoms with van der Waals surface area (Å²) in [5.41, 5.74) is 0.0201. The van der Waals surface area contributed by atoms with Gasteiger partial charge in [0, 0.05) is 24.8 Å². The van der Waals surface area contributed by atoms with Gasteiger partial charge in [-0.3, -0.25) is 9.59 Å². The Labute approximate surface area is 109 Å². The lowest BCUT2D eigenvalue weighted by molar-refractivity contribution is -0.136. The zero-order valence-electron chi connectivity index (χ0n) is 10.7. The van der Waals surface area contributed by atoms with Crippen LogP contribution >= 0.6 is 0 Å². The van der Waals surface area contributed by atoms with Gasteiger partial charge in [-0.05, 0) is 26.2 Å². The van der Waals surface area contributed by atoms with E-state index >= 15 is 0 Å². The maximum absolute atomic E-state index is 12.9. The number of rotatable bonds is 4. The standard InChI is InChI=1S/C12H15F2N3O2/c1-17(2)6-5-15-11(18)12(19)16-8-3-4-9(13)10(14)7-8/h3-4,7H,5-6H2,1-2H3,(H,15,18)(H,16,19). The van der Waals surface area contributed by atoms with Crippen molar-refractivity contribution < 1.29 is 18.4 Å². The second kappa shape index (κ2) is 6.79. The van der Waals surface area contributed by atoms with Crippen molar-refractivity contribution in [1.82, 2.24) is 10.2 Å². The number of anilines is 1. The highest BCUT2D eigenvalue weighted by Gasteiger charge is 2.14. The van der Waals surface area contributed by atoms with Crippen LogP contribution in [0, 0.1) is 11.6 Å². The molecule has 0 saturated heterocycles. The molecule has 2 N–H and O–H groups in total. The van der Waals surface area contributed by atoms with Crippen LogP contribution in [-0.4, -0.2) is 43.9 Å². The number of amides is 2. The van der Waals surface area contributed by atoms with Crippen molar-refractivity contribution in [2.75, 3.05) is 32.5 Å². The van der Waals surface area contributed by atoms with E-state index in [1.807, 2.05) is 19.0 Å². The van der Waals surface area contributed by atoms with Crippen LogP contribution in [0.5, 0.6) is 0 Å². The summed E-state index contributed by atoms with van der Waals surface area (Å²) < 4.78 is 25.6. The summed E-state index contributed by atoms with van der Waals surface area (Å²) in [6.45, 7) is 0.904. The Kier molecular flexibility index (Phi) is 5.37. The highest BCUT2D eigenvalue weighted by molar-refractivity contribution is 6.39. The van der Waals surface area contributed by atoms with Gasteiger partial charge in [0.05, 0.1) is 0 Å². The minimum absolute atomic E-state index is 0.0201. The molecule has 0 aliphatic carbocycles. The lowest BCUT2D eigenvalue weighted by Crippen LogP contribution is -2.38. The summed E-state index contributed by atoms with van der Waals surface area (Å²) in [6.07, 6.45) is 0. The summed E-state index contributed by atoms with van der Waals surface area (Å²) >= 11 is 0. The maximum atomic E-state index is 12.9. The molecule has 0 saturated carbocycles. The fourth-order valence-corrected chi connectivity index (χ4v) is 1.24. The quantitative estimate of drug-likeness (QED) is 0.788. The number of likely N-dealkylation sites (N-methyl/N-ethyl adjacent to an activating group) is 1. The molecule has 2 amide bonds. The van der Waals surface area contributed by atoms with Crippen molar-refractivity contribution >= 4 is 17.5 Å². The molecular formula is C12H15F2N3O2. The molecule has 0 unspecified atom stereocenters. The molecule has 0 heterocycles. The van der Waals surface area contributed by atoms with E-state index in [1.54, 1.807) is 0 Å². The molecule has 0 radical (unpaired) electrons. The van der Waals surface area contributed by atoms with Crippen LogP contribution < -0.4 is 10.6 Å². The molecule has 0 bridgehead atoms. The summed E-state index contributed by atoms with van der Waals surface area (Å²) in [5.74, 6) is -3.87. The first-order valence-corrected chi connectivity index (χ1v) is 5.59. The van der Waals surface area contributed by atoms with Crippen LogP contribution in [0.3, 0.4) is 0 Å². The fourth-order valence-electron chi connectivity index (χ4n) is 1.24. The number of halogens is 2. The molecule has 1 aromatic carbocycles. The minimum atomic E-state index is -1.09. The van der Waals surface area contributed by atoms with E-state index in [9.17, 15) is 18.4 Å². The van der Waals surface area contributed by atoms with Crippen molar-refractivity contribution in [2.24, 2.45) is 0 Å². The number of hydrogen-bond acceptors (Lipinski definition) is 3. The third-order valence-electron chi connectivity index (χ3n) is 2.23. The number of carbonyl (C=O) groups is 2. The smallest absolute Gasteiger partial charge is 0.313 e. The number of nitrogens with zero attached hydrogens (tertiary/aromatic N) is 1. The predicted molar refractivity (Wildman–Crippen MR) is 66.6 cm³/mol. The van der Waals surface area contributed by atoms with Gasteiger partial charge >= 0.3 is 11.8 Å². The van der Waals surface area contributed by atoms with Crippen molar-refractivity contribution in [3.63, 3.8) is 0 Å². The average Bonchev–Trinajstić information content (AvgIpc) is 2.33. The largest absolute Gasteiger partial charge is 0.347 e. The lowest BCUT2D eigenvalue weighted by atomic mass is 10.3. The van der Waals surface area contributed by atoms with Crippen molar-refractivity contribution in [3.8, 4) is 0 Å². The van der Waals surface area contributed by atoms with E-state index in [0.717, 1.165) is 12.1 Å². The molecule has 0 atom stereocenters. The Bertz CT molecular complexity index is 478. The van der Waals surface area contributed by atoms with Crippen molar-refractivity contribution in [1.29, 1.82) is 0 Å². The van der Waals surface area contributed by atoms with Gasteiger partial charge in [0.1, 0.15) is 0 Å². The highest BCUT2D eigenvalue weighted by atomic mass is 19.2. The van der Waals surface area contributed by atoms with Gasteiger partial charge in [0.15, 0.2) is 11.6 Å². The molecule has 19 heavy (non-hydrogen) atoms. The van der Waals surface area contributed by atoms with Crippen LogP contribution in [0.2, 0.25) is 0 Å². The Morgan fingerprint density at radius 2 is 1.84 bits per heavy atom. The van der Waals surface area contributed by atoms with E-state index in [2.05, 4.69) is 10.6 Å². The van der Waals surface area contributed by atoms with Gasteiger partial charge in [0.25, 0.3) is 0 Å². The van der Waals surface area contributed by atoms with Gasteiger partial charge in [-0.2, -0.15) is 0 Å². The van der Waals surface area contributed by atoms with Gasteiger partial charge in [-0.15, -0.1) is 0 Å². The molecule has 1 rings (SSSR count). The predicted octanol–water partition coefficient (Wildman–Crippen LogP) is 0.581. The number of benzene rings is 1. The second-order valence-electron chi connectivity index (χ2n) is 4.14. The van der Waals surface area contributed by atoms with Gasteiger partial charge < -0.3 is 15.5 Å². The first kappa shape index (κ1) is 15.0.